The maximum absolute atomic E-state index is 12.3. The molecule has 1 amide bonds. The van der Waals surface area contributed by atoms with E-state index in [9.17, 15) is 4.79 Å². The van der Waals surface area contributed by atoms with Crippen molar-refractivity contribution < 1.29 is 4.79 Å². The second kappa shape index (κ2) is 9.79. The minimum Gasteiger partial charge on any atom is -0.354 e. The molecule has 0 saturated heterocycles. The van der Waals surface area contributed by atoms with Crippen molar-refractivity contribution >= 4 is 30.7 Å². The minimum absolute atomic E-state index is 0. The second-order valence-electron chi connectivity index (χ2n) is 6.01. The predicted molar refractivity (Wildman–Crippen MR) is 101 cm³/mol. The number of aromatic nitrogens is 4. The molecular weight excluding hydrogens is 363 g/mol. The van der Waals surface area contributed by atoms with Gasteiger partial charge in [-0.25, -0.2) is 4.98 Å². The third kappa shape index (κ3) is 5.20. The quantitative estimate of drug-likeness (QED) is 0.784. The SMILES string of the molecule is CNC(C(=O)NCCc1cn2c(n1)CCCC2)c1cnn(C)c1.Cl.Cl. The number of hydrogen-bond acceptors (Lipinski definition) is 4. The van der Waals surface area contributed by atoms with E-state index in [2.05, 4.69) is 31.5 Å². The van der Waals surface area contributed by atoms with Crippen LogP contribution in [0.4, 0.5) is 0 Å². The Kier molecular flexibility index (Phi) is 8.41. The van der Waals surface area contributed by atoms with Crippen LogP contribution in [0.3, 0.4) is 0 Å². The predicted octanol–water partition coefficient (Wildman–Crippen LogP) is 1.42. The van der Waals surface area contributed by atoms with E-state index >= 15 is 0 Å². The van der Waals surface area contributed by atoms with Crippen molar-refractivity contribution in [2.75, 3.05) is 13.6 Å². The topological polar surface area (TPSA) is 76.8 Å². The molecule has 2 aromatic heterocycles. The molecule has 1 atom stereocenters. The van der Waals surface area contributed by atoms with Gasteiger partial charge in [0.15, 0.2) is 0 Å². The van der Waals surface area contributed by atoms with Crippen LogP contribution >= 0.6 is 24.8 Å². The number of amides is 1. The highest BCUT2D eigenvalue weighted by Gasteiger charge is 2.20. The van der Waals surface area contributed by atoms with Gasteiger partial charge >= 0.3 is 0 Å². The largest absolute Gasteiger partial charge is 0.354 e. The second-order valence-corrected chi connectivity index (χ2v) is 6.01. The van der Waals surface area contributed by atoms with Crippen molar-refractivity contribution in [1.82, 2.24) is 30.0 Å². The molecule has 7 nitrogen and oxygen atoms in total. The van der Waals surface area contributed by atoms with Crippen LogP contribution in [0.2, 0.25) is 0 Å². The minimum atomic E-state index is -0.376. The van der Waals surface area contributed by atoms with Crippen LogP contribution in [0, 0.1) is 0 Å². The van der Waals surface area contributed by atoms with E-state index in [4.69, 9.17) is 0 Å². The summed E-state index contributed by atoms with van der Waals surface area (Å²) in [6.45, 7) is 1.66. The number of aryl methyl sites for hydroxylation is 3. The first kappa shape index (κ1) is 21.5. The summed E-state index contributed by atoms with van der Waals surface area (Å²) >= 11 is 0. The van der Waals surface area contributed by atoms with Gasteiger partial charge in [0, 0.05) is 50.9 Å². The number of nitrogens with one attached hydrogen (secondary N) is 2. The molecule has 1 aliphatic heterocycles. The molecule has 3 heterocycles. The fraction of sp³-hybridized carbons (Fsp3) is 0.562. The molecule has 0 aliphatic carbocycles. The zero-order valence-electron chi connectivity index (χ0n) is 14.6. The molecule has 2 N–H and O–H groups in total. The Hall–Kier alpha value is -1.57. The summed E-state index contributed by atoms with van der Waals surface area (Å²) in [5.74, 6) is 1.14. The molecule has 140 valence electrons. The highest BCUT2D eigenvalue weighted by molar-refractivity contribution is 5.85. The van der Waals surface area contributed by atoms with E-state index in [1.807, 2.05) is 13.2 Å². The van der Waals surface area contributed by atoms with Gasteiger partial charge in [-0.05, 0) is 19.9 Å². The summed E-state index contributed by atoms with van der Waals surface area (Å²) in [4.78, 5) is 17.0. The van der Waals surface area contributed by atoms with Crippen LogP contribution in [-0.2, 0) is 31.2 Å². The fourth-order valence-corrected chi connectivity index (χ4v) is 3.05. The zero-order valence-corrected chi connectivity index (χ0v) is 16.2. The van der Waals surface area contributed by atoms with Crippen LogP contribution in [0.5, 0.6) is 0 Å². The highest BCUT2D eigenvalue weighted by atomic mass is 35.5. The zero-order chi connectivity index (χ0) is 16.2. The van der Waals surface area contributed by atoms with E-state index in [0.717, 1.165) is 30.6 Å². The van der Waals surface area contributed by atoms with Crippen LogP contribution in [0.1, 0.15) is 36.0 Å². The smallest absolute Gasteiger partial charge is 0.241 e. The first-order valence-corrected chi connectivity index (χ1v) is 8.16. The molecule has 25 heavy (non-hydrogen) atoms. The van der Waals surface area contributed by atoms with Crippen molar-refractivity contribution in [2.24, 2.45) is 7.05 Å². The number of halogens is 2. The average molecular weight is 389 g/mol. The van der Waals surface area contributed by atoms with E-state index in [-0.39, 0.29) is 36.8 Å². The van der Waals surface area contributed by atoms with Gasteiger partial charge in [0.25, 0.3) is 0 Å². The first-order chi connectivity index (χ1) is 11.2. The van der Waals surface area contributed by atoms with Gasteiger partial charge < -0.3 is 15.2 Å². The van der Waals surface area contributed by atoms with Gasteiger partial charge in [-0.2, -0.15) is 5.10 Å². The Bertz CT molecular complexity index is 660. The molecule has 0 bridgehead atoms. The molecule has 0 spiro atoms. The fourth-order valence-electron chi connectivity index (χ4n) is 3.05. The van der Waals surface area contributed by atoms with Gasteiger partial charge in [0.1, 0.15) is 11.9 Å². The number of imidazole rings is 1. The number of fused-ring (bicyclic) bond motifs is 1. The van der Waals surface area contributed by atoms with Gasteiger partial charge in [-0.3, -0.25) is 9.48 Å². The number of rotatable bonds is 6. The number of likely N-dealkylation sites (N-methyl/N-ethyl adjacent to an activating group) is 1. The monoisotopic (exact) mass is 388 g/mol. The van der Waals surface area contributed by atoms with Crippen LogP contribution in [0.25, 0.3) is 0 Å². The molecule has 0 saturated carbocycles. The van der Waals surface area contributed by atoms with Gasteiger partial charge in [-0.15, -0.1) is 24.8 Å². The molecule has 1 unspecified atom stereocenters. The molecule has 0 fully saturated rings. The van der Waals surface area contributed by atoms with Gasteiger partial charge in [0.05, 0.1) is 11.9 Å². The van der Waals surface area contributed by atoms with Crippen molar-refractivity contribution in [3.05, 3.63) is 35.7 Å². The molecule has 3 rings (SSSR count). The summed E-state index contributed by atoms with van der Waals surface area (Å²) in [6.07, 6.45) is 9.97. The number of carbonyl (C=O) groups excluding carboxylic acids is 1. The van der Waals surface area contributed by atoms with Crippen molar-refractivity contribution in [3.8, 4) is 0 Å². The first-order valence-electron chi connectivity index (χ1n) is 8.16. The molecule has 0 radical (unpaired) electrons. The Morgan fingerprint density at radius 1 is 1.32 bits per heavy atom. The standard InChI is InChI=1S/C16H24N6O.2ClH/c1-17-15(12-9-19-21(2)10-12)16(23)18-7-6-13-11-22-8-4-3-5-14(22)20-13;;/h9-11,15,17H,3-8H2,1-2H3,(H,18,23);2*1H. The van der Waals surface area contributed by atoms with E-state index < -0.39 is 0 Å². The van der Waals surface area contributed by atoms with E-state index in [0.29, 0.717) is 6.54 Å². The Morgan fingerprint density at radius 2 is 2.12 bits per heavy atom. The maximum Gasteiger partial charge on any atom is 0.241 e. The van der Waals surface area contributed by atoms with Gasteiger partial charge in [-0.1, -0.05) is 0 Å². The molecule has 0 aromatic carbocycles. The lowest BCUT2D eigenvalue weighted by molar-refractivity contribution is -0.123. The normalized spacial score (nSPS) is 14.0. The Labute approximate surface area is 160 Å². The van der Waals surface area contributed by atoms with Crippen LogP contribution in [-0.4, -0.2) is 38.8 Å². The van der Waals surface area contributed by atoms with E-state index in [1.165, 1.54) is 18.7 Å². The summed E-state index contributed by atoms with van der Waals surface area (Å²) < 4.78 is 3.94. The Morgan fingerprint density at radius 3 is 2.76 bits per heavy atom. The van der Waals surface area contributed by atoms with Crippen molar-refractivity contribution in [1.29, 1.82) is 0 Å². The number of nitrogens with zero attached hydrogens (tertiary/aromatic N) is 4. The summed E-state index contributed by atoms with van der Waals surface area (Å²) in [5, 5.41) is 10.1. The van der Waals surface area contributed by atoms with E-state index in [1.54, 1.807) is 17.9 Å². The van der Waals surface area contributed by atoms with Crippen LogP contribution < -0.4 is 10.6 Å². The number of carbonyl (C=O) groups is 1. The average Bonchev–Trinajstić information content (AvgIpc) is 3.14. The maximum atomic E-state index is 12.3. The lowest BCUT2D eigenvalue weighted by Crippen LogP contribution is -2.36. The lowest BCUT2D eigenvalue weighted by Gasteiger charge is -2.14. The summed E-state index contributed by atoms with van der Waals surface area (Å²) in [5.41, 5.74) is 1.93. The highest BCUT2D eigenvalue weighted by Crippen LogP contribution is 2.15. The van der Waals surface area contributed by atoms with Crippen molar-refractivity contribution in [2.45, 2.75) is 38.3 Å². The van der Waals surface area contributed by atoms with Crippen LogP contribution in [0.15, 0.2) is 18.6 Å². The summed E-state index contributed by atoms with van der Waals surface area (Å²) in [7, 11) is 3.62. The summed E-state index contributed by atoms with van der Waals surface area (Å²) in [6, 6.07) is -0.376. The Balaban J connectivity index is 0.00000156. The molecule has 2 aromatic rings. The van der Waals surface area contributed by atoms with Crippen molar-refractivity contribution in [3.63, 3.8) is 0 Å². The third-order valence-electron chi connectivity index (χ3n) is 4.25. The third-order valence-corrected chi connectivity index (χ3v) is 4.25. The molecular formula is C16H26Cl2N6O. The van der Waals surface area contributed by atoms with Gasteiger partial charge in [0.2, 0.25) is 5.91 Å². The number of hydrogen-bond donors (Lipinski definition) is 2. The lowest BCUT2D eigenvalue weighted by atomic mass is 10.1. The molecule has 9 heteroatoms. The molecule has 1 aliphatic rings.